The Morgan fingerprint density at radius 1 is 1.47 bits per heavy atom. The highest BCUT2D eigenvalue weighted by atomic mass is 32.2. The van der Waals surface area contributed by atoms with Gasteiger partial charge in [0.15, 0.2) is 5.82 Å². The molecule has 0 amide bonds. The van der Waals surface area contributed by atoms with Crippen molar-refractivity contribution in [1.29, 1.82) is 0 Å². The summed E-state index contributed by atoms with van der Waals surface area (Å²) in [5, 5.41) is 14.8. The van der Waals surface area contributed by atoms with Crippen LogP contribution in [0.15, 0.2) is 33.3 Å². The molecule has 0 spiro atoms. The van der Waals surface area contributed by atoms with E-state index in [0.29, 0.717) is 16.7 Å². The molecule has 0 unspecified atom stereocenters. The summed E-state index contributed by atoms with van der Waals surface area (Å²) in [5.41, 5.74) is 0.864. The van der Waals surface area contributed by atoms with Gasteiger partial charge in [-0.25, -0.2) is 4.68 Å². The second-order valence-corrected chi connectivity index (χ2v) is 5.76. The summed E-state index contributed by atoms with van der Waals surface area (Å²) >= 11 is 3.06. The maximum Gasteiger partial charge on any atom is 0.210 e. The maximum atomic E-state index is 6.00. The molecular formula is C11H11N5OS2. The SMILES string of the molecule is Cc1cc(CSc2nnc(-c3cccs3)n2N)no1. The van der Waals surface area contributed by atoms with Gasteiger partial charge in [-0.15, -0.1) is 21.5 Å². The Kier molecular flexibility index (Phi) is 3.26. The third kappa shape index (κ3) is 2.49. The van der Waals surface area contributed by atoms with Gasteiger partial charge in [-0.2, -0.15) is 0 Å². The Hall–Kier alpha value is -1.80. The van der Waals surface area contributed by atoms with Crippen molar-refractivity contribution in [2.24, 2.45) is 0 Å². The van der Waals surface area contributed by atoms with Crippen LogP contribution in [0, 0.1) is 6.92 Å². The van der Waals surface area contributed by atoms with Crippen LogP contribution in [0.5, 0.6) is 0 Å². The first-order valence-corrected chi connectivity index (χ1v) is 7.40. The second kappa shape index (κ2) is 5.06. The van der Waals surface area contributed by atoms with Gasteiger partial charge in [0.2, 0.25) is 5.16 Å². The largest absolute Gasteiger partial charge is 0.361 e. The fourth-order valence-corrected chi connectivity index (χ4v) is 3.02. The van der Waals surface area contributed by atoms with Gasteiger partial charge in [0.25, 0.3) is 0 Å². The van der Waals surface area contributed by atoms with E-state index in [4.69, 9.17) is 10.4 Å². The van der Waals surface area contributed by atoms with Gasteiger partial charge in [0, 0.05) is 11.8 Å². The molecule has 6 nitrogen and oxygen atoms in total. The van der Waals surface area contributed by atoms with Crippen LogP contribution in [0.25, 0.3) is 10.7 Å². The average Bonchev–Trinajstić information content (AvgIpc) is 3.09. The third-order valence-corrected chi connectivity index (χ3v) is 4.27. The Balaban J connectivity index is 1.75. The van der Waals surface area contributed by atoms with Gasteiger partial charge in [-0.1, -0.05) is 23.0 Å². The van der Waals surface area contributed by atoms with E-state index in [1.807, 2.05) is 30.5 Å². The number of hydrogen-bond donors (Lipinski definition) is 1. The first-order valence-electron chi connectivity index (χ1n) is 5.53. The van der Waals surface area contributed by atoms with Gasteiger partial charge in [0.05, 0.1) is 10.6 Å². The van der Waals surface area contributed by atoms with Gasteiger partial charge >= 0.3 is 0 Å². The van der Waals surface area contributed by atoms with E-state index in [9.17, 15) is 0 Å². The molecule has 0 aromatic carbocycles. The maximum absolute atomic E-state index is 6.00. The average molecular weight is 293 g/mol. The van der Waals surface area contributed by atoms with E-state index in [1.165, 1.54) is 16.4 Å². The minimum atomic E-state index is 0.650. The first-order chi connectivity index (χ1) is 9.24. The molecule has 3 heterocycles. The number of aryl methyl sites for hydroxylation is 1. The number of nitrogens with zero attached hydrogens (tertiary/aromatic N) is 4. The Morgan fingerprint density at radius 3 is 3.05 bits per heavy atom. The van der Waals surface area contributed by atoms with E-state index >= 15 is 0 Å². The Labute approximate surface area is 117 Å². The molecule has 0 radical (unpaired) electrons. The van der Waals surface area contributed by atoms with Gasteiger partial charge in [-0.05, 0) is 18.4 Å². The zero-order chi connectivity index (χ0) is 13.2. The summed E-state index contributed by atoms with van der Waals surface area (Å²) < 4.78 is 6.51. The number of nitrogens with two attached hydrogens (primary N) is 1. The molecule has 2 N–H and O–H groups in total. The van der Waals surface area contributed by atoms with Crippen molar-refractivity contribution in [1.82, 2.24) is 20.0 Å². The predicted octanol–water partition coefficient (Wildman–Crippen LogP) is 2.31. The standard InChI is InChI=1S/C11H11N5OS2/c1-7-5-8(15-17-7)6-19-11-14-13-10(16(11)12)9-3-2-4-18-9/h2-5H,6,12H2,1H3. The molecule has 98 valence electrons. The number of thioether (sulfide) groups is 1. The van der Waals surface area contributed by atoms with Crippen LogP contribution in [0.2, 0.25) is 0 Å². The lowest BCUT2D eigenvalue weighted by molar-refractivity contribution is 0.393. The van der Waals surface area contributed by atoms with Crippen molar-refractivity contribution in [2.75, 3.05) is 5.84 Å². The quantitative estimate of drug-likeness (QED) is 0.587. The summed E-state index contributed by atoms with van der Waals surface area (Å²) in [6.45, 7) is 1.86. The van der Waals surface area contributed by atoms with Crippen molar-refractivity contribution in [2.45, 2.75) is 17.8 Å². The fourth-order valence-electron chi connectivity index (χ4n) is 1.57. The van der Waals surface area contributed by atoms with Crippen molar-refractivity contribution < 1.29 is 4.52 Å². The molecule has 0 aliphatic rings. The van der Waals surface area contributed by atoms with Crippen LogP contribution in [-0.2, 0) is 5.75 Å². The molecule has 3 aromatic rings. The van der Waals surface area contributed by atoms with Crippen molar-refractivity contribution in [3.8, 4) is 10.7 Å². The highest BCUT2D eigenvalue weighted by Crippen LogP contribution is 2.26. The van der Waals surface area contributed by atoms with E-state index in [1.54, 1.807) is 11.3 Å². The zero-order valence-corrected chi connectivity index (χ0v) is 11.7. The highest BCUT2D eigenvalue weighted by Gasteiger charge is 2.13. The summed E-state index contributed by atoms with van der Waals surface area (Å²) in [6, 6.07) is 5.82. The lowest BCUT2D eigenvalue weighted by Crippen LogP contribution is -2.11. The third-order valence-electron chi connectivity index (χ3n) is 2.43. The summed E-state index contributed by atoms with van der Waals surface area (Å²) in [7, 11) is 0. The van der Waals surface area contributed by atoms with E-state index in [-0.39, 0.29) is 0 Å². The topological polar surface area (TPSA) is 82.8 Å². The number of hydrogen-bond acceptors (Lipinski definition) is 7. The molecule has 0 saturated carbocycles. The van der Waals surface area contributed by atoms with Gasteiger partial charge in [0.1, 0.15) is 5.76 Å². The predicted molar refractivity (Wildman–Crippen MR) is 74.3 cm³/mol. The Morgan fingerprint density at radius 2 is 2.37 bits per heavy atom. The second-order valence-electron chi connectivity index (χ2n) is 3.87. The number of rotatable bonds is 4. The molecule has 8 heteroatoms. The normalized spacial score (nSPS) is 11.0. The molecule has 3 aromatic heterocycles. The molecule has 0 aliphatic heterocycles. The van der Waals surface area contributed by atoms with E-state index in [0.717, 1.165) is 16.3 Å². The van der Waals surface area contributed by atoms with Crippen LogP contribution in [-0.4, -0.2) is 20.0 Å². The minimum absolute atomic E-state index is 0.650. The van der Waals surface area contributed by atoms with Crippen LogP contribution >= 0.6 is 23.1 Å². The minimum Gasteiger partial charge on any atom is -0.361 e. The first kappa shape index (κ1) is 12.2. The zero-order valence-electron chi connectivity index (χ0n) is 10.1. The molecule has 19 heavy (non-hydrogen) atoms. The van der Waals surface area contributed by atoms with Gasteiger partial charge in [-0.3, -0.25) is 0 Å². The smallest absolute Gasteiger partial charge is 0.210 e. The van der Waals surface area contributed by atoms with Crippen LogP contribution in [0.1, 0.15) is 11.5 Å². The summed E-state index contributed by atoms with van der Waals surface area (Å²) in [6.07, 6.45) is 0. The van der Waals surface area contributed by atoms with Crippen LogP contribution in [0.3, 0.4) is 0 Å². The molecular weight excluding hydrogens is 282 g/mol. The molecule has 0 aliphatic carbocycles. The molecule has 3 rings (SSSR count). The van der Waals surface area contributed by atoms with Crippen molar-refractivity contribution >= 4 is 23.1 Å². The molecule has 0 atom stereocenters. The van der Waals surface area contributed by atoms with Gasteiger partial charge < -0.3 is 10.4 Å². The lowest BCUT2D eigenvalue weighted by atomic mass is 10.4. The lowest BCUT2D eigenvalue weighted by Gasteiger charge is -2.00. The van der Waals surface area contributed by atoms with Crippen LogP contribution < -0.4 is 5.84 Å². The van der Waals surface area contributed by atoms with E-state index < -0.39 is 0 Å². The Bertz CT molecular complexity index is 673. The number of thiophene rings is 1. The fraction of sp³-hybridized carbons (Fsp3) is 0.182. The van der Waals surface area contributed by atoms with Crippen molar-refractivity contribution in [3.63, 3.8) is 0 Å². The summed E-state index contributed by atoms with van der Waals surface area (Å²) in [5.74, 6) is 8.12. The van der Waals surface area contributed by atoms with Crippen LogP contribution in [0.4, 0.5) is 0 Å². The molecule has 0 saturated heterocycles. The highest BCUT2D eigenvalue weighted by molar-refractivity contribution is 7.98. The number of nitrogen functional groups attached to an aromatic ring is 1. The monoisotopic (exact) mass is 293 g/mol. The molecule has 0 fully saturated rings. The molecule has 0 bridgehead atoms. The number of aromatic nitrogens is 4. The van der Waals surface area contributed by atoms with Crippen molar-refractivity contribution in [3.05, 3.63) is 35.0 Å². The summed E-state index contributed by atoms with van der Waals surface area (Å²) in [4.78, 5) is 0.999. The van der Waals surface area contributed by atoms with E-state index in [2.05, 4.69) is 15.4 Å².